The molecule has 0 aromatic carbocycles. The molecule has 6 heteroatoms. The van der Waals surface area contributed by atoms with Crippen molar-refractivity contribution >= 4 is 11.8 Å². The Morgan fingerprint density at radius 2 is 1.92 bits per heavy atom. The molecule has 1 aliphatic carbocycles. The van der Waals surface area contributed by atoms with Crippen LogP contribution in [0.15, 0.2) is 20.6 Å². The van der Waals surface area contributed by atoms with Crippen molar-refractivity contribution < 1.29 is 14.0 Å². The molecule has 2 unspecified atom stereocenters. The molecule has 2 aliphatic rings. The van der Waals surface area contributed by atoms with Crippen LogP contribution in [0, 0.1) is 11.8 Å². The van der Waals surface area contributed by atoms with Crippen LogP contribution in [-0.4, -0.2) is 43.3 Å². The van der Waals surface area contributed by atoms with Gasteiger partial charge in [0.25, 0.3) is 0 Å². The first-order chi connectivity index (χ1) is 12.0. The van der Waals surface area contributed by atoms with Crippen molar-refractivity contribution in [3.63, 3.8) is 0 Å². The second-order valence-corrected chi connectivity index (χ2v) is 7.59. The van der Waals surface area contributed by atoms with E-state index in [-0.39, 0.29) is 12.1 Å². The minimum absolute atomic E-state index is 0.0935. The van der Waals surface area contributed by atoms with Gasteiger partial charge in [0, 0.05) is 18.4 Å². The third-order valence-corrected chi connectivity index (χ3v) is 5.21. The quantitative estimate of drug-likeness (QED) is 0.834. The Morgan fingerprint density at radius 3 is 2.52 bits per heavy atom. The van der Waals surface area contributed by atoms with Gasteiger partial charge in [-0.1, -0.05) is 25.9 Å². The van der Waals surface area contributed by atoms with E-state index in [1.807, 2.05) is 0 Å². The Balaban J connectivity index is 1.74. The van der Waals surface area contributed by atoms with Gasteiger partial charge < -0.3 is 14.0 Å². The lowest BCUT2D eigenvalue weighted by Gasteiger charge is -2.26. The lowest BCUT2D eigenvalue weighted by atomic mass is 10.0. The second-order valence-electron chi connectivity index (χ2n) is 7.59. The summed E-state index contributed by atoms with van der Waals surface area (Å²) in [7, 11) is 3.29. The molecule has 3 rings (SSSR count). The van der Waals surface area contributed by atoms with Crippen LogP contribution in [-0.2, 0) is 15.9 Å². The topological polar surface area (TPSA) is 69.2 Å². The van der Waals surface area contributed by atoms with Crippen molar-refractivity contribution in [2.45, 2.75) is 64.5 Å². The first kappa shape index (κ1) is 18.0. The number of rotatable bonds is 4. The number of ether oxygens (including phenoxy) is 2. The van der Waals surface area contributed by atoms with Crippen molar-refractivity contribution in [3.05, 3.63) is 17.5 Å². The molecule has 0 saturated heterocycles. The molecule has 138 valence electrons. The first-order valence-electron chi connectivity index (χ1n) is 9.20. The molecule has 1 saturated carbocycles. The fraction of sp³-hybridized carbons (Fsp3) is 0.737. The normalized spacial score (nSPS) is 29.5. The number of aromatic nitrogens is 1. The Hall–Kier alpha value is -1.85. The zero-order chi connectivity index (χ0) is 18.0. The zero-order valence-electron chi connectivity index (χ0n) is 15.9. The van der Waals surface area contributed by atoms with Crippen LogP contribution in [0.1, 0.15) is 57.4 Å². The third kappa shape index (κ3) is 3.88. The Morgan fingerprint density at radius 1 is 1.16 bits per heavy atom. The van der Waals surface area contributed by atoms with E-state index in [0.29, 0.717) is 30.1 Å². The molecular formula is C19H29N3O3. The first-order valence-corrected chi connectivity index (χ1v) is 9.20. The van der Waals surface area contributed by atoms with Crippen LogP contribution in [0.4, 0.5) is 0 Å². The highest BCUT2D eigenvalue weighted by molar-refractivity contribution is 5.94. The average molecular weight is 347 g/mol. The van der Waals surface area contributed by atoms with Gasteiger partial charge in [-0.05, 0) is 31.1 Å². The third-order valence-electron chi connectivity index (χ3n) is 5.21. The molecule has 0 bridgehead atoms. The molecule has 1 aliphatic heterocycles. The van der Waals surface area contributed by atoms with Crippen molar-refractivity contribution in [2.75, 3.05) is 14.2 Å². The molecule has 1 fully saturated rings. The molecule has 1 aromatic rings. The number of hydrogen-bond donors (Lipinski definition) is 0. The van der Waals surface area contributed by atoms with Gasteiger partial charge in [0.05, 0.1) is 19.9 Å². The summed E-state index contributed by atoms with van der Waals surface area (Å²) in [5.74, 6) is 3.87. The largest absolute Gasteiger partial charge is 0.483 e. The summed E-state index contributed by atoms with van der Waals surface area (Å²) in [6, 6.07) is 1.77. The summed E-state index contributed by atoms with van der Waals surface area (Å²) in [6.07, 6.45) is 4.24. The SMILES string of the molecule is COC1=N[C@H](C(C)C)C(OC)=N[C@H]1Cc1cc(C2CCC(C)C2)on1. The van der Waals surface area contributed by atoms with Crippen molar-refractivity contribution in [3.8, 4) is 0 Å². The van der Waals surface area contributed by atoms with Crippen LogP contribution >= 0.6 is 0 Å². The van der Waals surface area contributed by atoms with Crippen LogP contribution in [0.5, 0.6) is 0 Å². The summed E-state index contributed by atoms with van der Waals surface area (Å²) in [5, 5.41) is 4.26. The van der Waals surface area contributed by atoms with E-state index in [2.05, 4.69) is 32.0 Å². The van der Waals surface area contributed by atoms with E-state index >= 15 is 0 Å². The van der Waals surface area contributed by atoms with Gasteiger partial charge in [-0.2, -0.15) is 0 Å². The second kappa shape index (κ2) is 7.58. The summed E-state index contributed by atoms with van der Waals surface area (Å²) < 4.78 is 16.6. The monoisotopic (exact) mass is 347 g/mol. The highest BCUT2D eigenvalue weighted by atomic mass is 16.5. The van der Waals surface area contributed by atoms with Gasteiger partial charge in [0.1, 0.15) is 17.8 Å². The molecule has 1 aromatic heterocycles. The predicted octanol–water partition coefficient (Wildman–Crippen LogP) is 3.62. The molecule has 0 amide bonds. The van der Waals surface area contributed by atoms with Crippen LogP contribution in [0.3, 0.4) is 0 Å². The maximum atomic E-state index is 5.61. The minimum Gasteiger partial charge on any atom is -0.483 e. The van der Waals surface area contributed by atoms with Crippen LogP contribution in [0.2, 0.25) is 0 Å². The molecule has 0 N–H and O–H groups in total. The average Bonchev–Trinajstić information content (AvgIpc) is 3.23. The van der Waals surface area contributed by atoms with E-state index in [4.69, 9.17) is 24.0 Å². The van der Waals surface area contributed by atoms with Crippen molar-refractivity contribution in [1.29, 1.82) is 0 Å². The molecule has 4 atom stereocenters. The van der Waals surface area contributed by atoms with Gasteiger partial charge >= 0.3 is 0 Å². The zero-order valence-corrected chi connectivity index (χ0v) is 15.9. The molecule has 6 nitrogen and oxygen atoms in total. The highest BCUT2D eigenvalue weighted by Gasteiger charge is 2.32. The standard InChI is InChI=1S/C19H29N3O3/c1-11(2)17-19(24-5)20-15(18(21-17)23-4)9-14-10-16(25-22-14)13-7-6-12(3)8-13/h10-13,15,17H,6-9H2,1-5H3/t12?,13?,15-,17+/m0/s1. The lowest BCUT2D eigenvalue weighted by Crippen LogP contribution is -2.38. The minimum atomic E-state index is -0.213. The van der Waals surface area contributed by atoms with Gasteiger partial charge in [-0.25, -0.2) is 9.98 Å². The van der Waals surface area contributed by atoms with Gasteiger partial charge in [-0.3, -0.25) is 0 Å². The molecule has 0 radical (unpaired) electrons. The van der Waals surface area contributed by atoms with Gasteiger partial charge in [-0.15, -0.1) is 0 Å². The fourth-order valence-corrected chi connectivity index (χ4v) is 3.77. The lowest BCUT2D eigenvalue weighted by molar-refractivity contribution is 0.329. The summed E-state index contributed by atoms with van der Waals surface area (Å²) in [4.78, 5) is 9.43. The Bertz CT molecular complexity index is 650. The number of aliphatic imine (C=N–C) groups is 2. The van der Waals surface area contributed by atoms with E-state index in [1.54, 1.807) is 14.2 Å². The van der Waals surface area contributed by atoms with Crippen molar-refractivity contribution in [2.24, 2.45) is 21.8 Å². The Labute approximate surface area is 149 Å². The molecule has 2 heterocycles. The van der Waals surface area contributed by atoms with E-state index in [9.17, 15) is 0 Å². The van der Waals surface area contributed by atoms with Crippen LogP contribution < -0.4 is 0 Å². The van der Waals surface area contributed by atoms with Crippen molar-refractivity contribution in [1.82, 2.24) is 5.16 Å². The van der Waals surface area contributed by atoms with E-state index in [1.165, 1.54) is 19.3 Å². The van der Waals surface area contributed by atoms with Gasteiger partial charge in [0.2, 0.25) is 11.8 Å². The molecule has 0 spiro atoms. The van der Waals surface area contributed by atoms with Crippen LogP contribution in [0.25, 0.3) is 0 Å². The number of methoxy groups -OCH3 is 2. The molecular weight excluding hydrogens is 318 g/mol. The van der Waals surface area contributed by atoms with E-state index < -0.39 is 0 Å². The summed E-state index contributed by atoms with van der Waals surface area (Å²) >= 11 is 0. The summed E-state index contributed by atoms with van der Waals surface area (Å²) in [6.45, 7) is 6.50. The molecule has 25 heavy (non-hydrogen) atoms. The maximum Gasteiger partial charge on any atom is 0.209 e. The highest BCUT2D eigenvalue weighted by Crippen LogP contribution is 2.38. The van der Waals surface area contributed by atoms with Gasteiger partial charge in [0.15, 0.2) is 0 Å². The maximum absolute atomic E-state index is 5.61. The predicted molar refractivity (Wildman–Crippen MR) is 97.3 cm³/mol. The smallest absolute Gasteiger partial charge is 0.209 e. The van der Waals surface area contributed by atoms with E-state index in [0.717, 1.165) is 17.4 Å². The number of hydrogen-bond acceptors (Lipinski definition) is 6. The Kier molecular flexibility index (Phi) is 5.45. The number of nitrogens with zero attached hydrogens (tertiary/aromatic N) is 3. The summed E-state index contributed by atoms with van der Waals surface area (Å²) in [5.41, 5.74) is 0.895. The fourth-order valence-electron chi connectivity index (χ4n) is 3.77.